The van der Waals surface area contributed by atoms with E-state index in [0.717, 1.165) is 23.4 Å². The minimum absolute atomic E-state index is 0.0703. The maximum Gasteiger partial charge on any atom is 0.251 e. The molecule has 0 aliphatic heterocycles. The summed E-state index contributed by atoms with van der Waals surface area (Å²) in [6.07, 6.45) is 0. The maximum absolute atomic E-state index is 12.8. The molecule has 1 atom stereocenters. The molecule has 0 fully saturated rings. The molecule has 1 amide bonds. The molecule has 0 bridgehead atoms. The van der Waals surface area contributed by atoms with Crippen LogP contribution in [0, 0.1) is 5.41 Å². The Morgan fingerprint density at radius 2 is 1.85 bits per heavy atom. The molecule has 4 nitrogen and oxygen atoms in total. The number of amides is 1. The highest BCUT2D eigenvalue weighted by Crippen LogP contribution is 2.25. The molecule has 2 rings (SSSR count). The molecule has 0 radical (unpaired) electrons. The molecule has 0 spiro atoms. The minimum atomic E-state index is -0.114. The number of hydrogen-bond donors (Lipinski definition) is 3. The van der Waals surface area contributed by atoms with Crippen molar-refractivity contribution in [3.8, 4) is 0 Å². The summed E-state index contributed by atoms with van der Waals surface area (Å²) in [4.78, 5) is 12.8. The van der Waals surface area contributed by atoms with E-state index >= 15 is 0 Å². The second-order valence-corrected chi connectivity index (χ2v) is 7.99. The fourth-order valence-electron chi connectivity index (χ4n) is 2.99. The van der Waals surface area contributed by atoms with Gasteiger partial charge in [0.1, 0.15) is 0 Å². The number of carbonyl (C=O) groups excluding carboxylic acids is 1. The third-order valence-electron chi connectivity index (χ3n) is 4.65. The summed E-state index contributed by atoms with van der Waals surface area (Å²) >= 11 is 0. The molecule has 0 saturated heterocycles. The number of carbonyl (C=O) groups is 1. The second kappa shape index (κ2) is 8.38. The van der Waals surface area contributed by atoms with Crippen LogP contribution in [0.15, 0.2) is 42.5 Å². The Bertz CT molecular complexity index is 834. The van der Waals surface area contributed by atoms with Crippen molar-refractivity contribution >= 4 is 17.3 Å². The molecule has 2 aromatic carbocycles. The highest BCUT2D eigenvalue weighted by molar-refractivity contribution is 6.04. The fourth-order valence-corrected chi connectivity index (χ4v) is 2.99. The van der Waals surface area contributed by atoms with Gasteiger partial charge in [-0.05, 0) is 49.4 Å². The van der Waals surface area contributed by atoms with Crippen LogP contribution in [0.5, 0.6) is 0 Å². The first-order valence-electron chi connectivity index (χ1n) is 9.48. The van der Waals surface area contributed by atoms with E-state index in [-0.39, 0.29) is 17.4 Å². The minimum Gasteiger partial charge on any atom is -0.385 e. The summed E-state index contributed by atoms with van der Waals surface area (Å²) in [5.41, 5.74) is 5.12. The van der Waals surface area contributed by atoms with E-state index in [9.17, 15) is 4.79 Å². The molecule has 0 saturated carbocycles. The van der Waals surface area contributed by atoms with Crippen molar-refractivity contribution in [3.05, 3.63) is 64.7 Å². The predicted molar refractivity (Wildman–Crippen MR) is 114 cm³/mol. The average Bonchev–Trinajstić information content (AvgIpc) is 2.61. The summed E-state index contributed by atoms with van der Waals surface area (Å²) in [6.45, 7) is 13.0. The quantitative estimate of drug-likeness (QED) is 0.609. The van der Waals surface area contributed by atoms with Crippen molar-refractivity contribution < 1.29 is 4.79 Å². The van der Waals surface area contributed by atoms with Crippen LogP contribution < -0.4 is 10.6 Å². The highest BCUT2D eigenvalue weighted by Gasteiger charge is 2.17. The lowest BCUT2D eigenvalue weighted by Crippen LogP contribution is -2.27. The Hall–Kier alpha value is -2.62. The zero-order valence-corrected chi connectivity index (χ0v) is 17.2. The van der Waals surface area contributed by atoms with Gasteiger partial charge < -0.3 is 16.0 Å². The van der Waals surface area contributed by atoms with Gasteiger partial charge in [0.15, 0.2) is 0 Å². The third kappa shape index (κ3) is 5.19. The predicted octanol–water partition coefficient (Wildman–Crippen LogP) is 5.29. The summed E-state index contributed by atoms with van der Waals surface area (Å²) in [5, 5.41) is 14.2. The smallest absolute Gasteiger partial charge is 0.251 e. The largest absolute Gasteiger partial charge is 0.385 e. The van der Waals surface area contributed by atoms with Gasteiger partial charge in [0.05, 0.1) is 6.04 Å². The molecule has 0 unspecified atom stereocenters. The van der Waals surface area contributed by atoms with Crippen molar-refractivity contribution in [2.45, 2.75) is 53.0 Å². The highest BCUT2D eigenvalue weighted by atomic mass is 16.1. The van der Waals surface area contributed by atoms with Gasteiger partial charge in [-0.15, -0.1) is 0 Å². The molecular formula is C23H31N3O. The SMILES string of the molecule is CCNc1cc(C(=O)N[C@@H](C)c2cccc(C(C)(C)C)c2)ccc1C(C)=N. The van der Waals surface area contributed by atoms with E-state index in [4.69, 9.17) is 5.41 Å². The van der Waals surface area contributed by atoms with E-state index in [1.807, 2.05) is 38.1 Å². The molecule has 4 heteroatoms. The van der Waals surface area contributed by atoms with Crippen molar-refractivity contribution in [1.82, 2.24) is 5.32 Å². The molecular weight excluding hydrogens is 334 g/mol. The van der Waals surface area contributed by atoms with Crippen molar-refractivity contribution in [1.29, 1.82) is 5.41 Å². The molecule has 144 valence electrons. The zero-order valence-electron chi connectivity index (χ0n) is 17.2. The monoisotopic (exact) mass is 365 g/mol. The summed E-state index contributed by atoms with van der Waals surface area (Å²) in [6, 6.07) is 13.7. The number of nitrogens with one attached hydrogen (secondary N) is 3. The van der Waals surface area contributed by atoms with Crippen LogP contribution in [0.4, 0.5) is 5.69 Å². The number of rotatable bonds is 6. The average molecular weight is 366 g/mol. The van der Waals surface area contributed by atoms with Gasteiger partial charge >= 0.3 is 0 Å². The summed E-state index contributed by atoms with van der Waals surface area (Å²) < 4.78 is 0. The molecule has 0 aliphatic carbocycles. The summed E-state index contributed by atoms with van der Waals surface area (Å²) in [7, 11) is 0. The van der Waals surface area contributed by atoms with Gasteiger partial charge in [0.25, 0.3) is 5.91 Å². The lowest BCUT2D eigenvalue weighted by molar-refractivity contribution is 0.0940. The standard InChI is InChI=1S/C23H31N3O/c1-7-25-21-14-18(11-12-20(21)15(2)24)22(27)26-16(3)17-9-8-10-19(13-17)23(4,5)6/h8-14,16,24-25H,7H2,1-6H3,(H,26,27)/t16-/m0/s1. The Kier molecular flexibility index (Phi) is 6.42. The Morgan fingerprint density at radius 1 is 1.15 bits per heavy atom. The topological polar surface area (TPSA) is 65.0 Å². The number of benzene rings is 2. The molecule has 2 aromatic rings. The lowest BCUT2D eigenvalue weighted by Gasteiger charge is -2.22. The van der Waals surface area contributed by atoms with Crippen LogP contribution in [-0.2, 0) is 5.41 Å². The first kappa shape index (κ1) is 20.7. The van der Waals surface area contributed by atoms with Crippen LogP contribution in [0.25, 0.3) is 0 Å². The summed E-state index contributed by atoms with van der Waals surface area (Å²) in [5.74, 6) is -0.114. The Morgan fingerprint density at radius 3 is 2.44 bits per heavy atom. The Balaban J connectivity index is 2.22. The first-order valence-corrected chi connectivity index (χ1v) is 9.48. The van der Waals surface area contributed by atoms with Crippen molar-refractivity contribution in [2.24, 2.45) is 0 Å². The van der Waals surface area contributed by atoms with Gasteiger partial charge in [-0.1, -0.05) is 51.1 Å². The third-order valence-corrected chi connectivity index (χ3v) is 4.65. The van der Waals surface area contributed by atoms with E-state index in [1.165, 1.54) is 5.56 Å². The van der Waals surface area contributed by atoms with E-state index < -0.39 is 0 Å². The normalized spacial score (nSPS) is 12.4. The first-order chi connectivity index (χ1) is 12.6. The van der Waals surface area contributed by atoms with Gasteiger partial charge in [-0.3, -0.25) is 4.79 Å². The van der Waals surface area contributed by atoms with Crippen molar-refractivity contribution in [2.75, 3.05) is 11.9 Å². The van der Waals surface area contributed by atoms with Crippen LogP contribution in [0.2, 0.25) is 0 Å². The van der Waals surface area contributed by atoms with E-state index in [0.29, 0.717) is 11.3 Å². The number of anilines is 1. The van der Waals surface area contributed by atoms with Gasteiger partial charge in [-0.25, -0.2) is 0 Å². The molecule has 27 heavy (non-hydrogen) atoms. The van der Waals surface area contributed by atoms with E-state index in [1.54, 1.807) is 13.0 Å². The maximum atomic E-state index is 12.8. The van der Waals surface area contributed by atoms with Crippen LogP contribution in [-0.4, -0.2) is 18.2 Å². The lowest BCUT2D eigenvalue weighted by atomic mass is 9.85. The van der Waals surface area contributed by atoms with E-state index in [2.05, 4.69) is 43.5 Å². The van der Waals surface area contributed by atoms with Crippen LogP contribution in [0.3, 0.4) is 0 Å². The zero-order chi connectivity index (χ0) is 20.2. The van der Waals surface area contributed by atoms with Crippen LogP contribution >= 0.6 is 0 Å². The molecule has 3 N–H and O–H groups in total. The van der Waals surface area contributed by atoms with Crippen molar-refractivity contribution in [3.63, 3.8) is 0 Å². The van der Waals surface area contributed by atoms with Gasteiger partial charge in [0.2, 0.25) is 0 Å². The number of hydrogen-bond acceptors (Lipinski definition) is 3. The fraction of sp³-hybridized carbons (Fsp3) is 0.391. The van der Waals surface area contributed by atoms with Crippen LogP contribution in [0.1, 0.15) is 74.6 Å². The second-order valence-electron chi connectivity index (χ2n) is 7.99. The molecule has 0 aromatic heterocycles. The Labute approximate surface area is 162 Å². The molecule has 0 aliphatic rings. The van der Waals surface area contributed by atoms with Gasteiger partial charge in [-0.2, -0.15) is 0 Å². The molecule has 0 heterocycles. The van der Waals surface area contributed by atoms with Gasteiger partial charge in [0, 0.05) is 29.1 Å².